The van der Waals surface area contributed by atoms with Crippen LogP contribution in [0.5, 0.6) is 0 Å². The Kier molecular flexibility index (Phi) is 4.84. The molecule has 0 saturated heterocycles. The third-order valence-corrected chi connectivity index (χ3v) is 3.51. The second kappa shape index (κ2) is 6.42. The molecule has 1 heterocycles. The van der Waals surface area contributed by atoms with Crippen LogP contribution in [0.15, 0.2) is 6.07 Å². The molecule has 2 rings (SSSR count). The van der Waals surface area contributed by atoms with Crippen LogP contribution in [0.3, 0.4) is 0 Å². The lowest BCUT2D eigenvalue weighted by molar-refractivity contribution is 0.564. The molecule has 1 aromatic heterocycles. The summed E-state index contributed by atoms with van der Waals surface area (Å²) >= 11 is 0. The van der Waals surface area contributed by atoms with E-state index in [1.807, 2.05) is 0 Å². The molecule has 112 valence electrons. The highest BCUT2D eigenvalue weighted by Gasteiger charge is 2.28. The van der Waals surface area contributed by atoms with Gasteiger partial charge in [0.1, 0.15) is 17.5 Å². The van der Waals surface area contributed by atoms with E-state index in [0.29, 0.717) is 17.9 Å². The predicted molar refractivity (Wildman–Crippen MR) is 85.5 cm³/mol. The molecule has 0 radical (unpaired) electrons. The van der Waals surface area contributed by atoms with Crippen molar-refractivity contribution < 1.29 is 0 Å². The van der Waals surface area contributed by atoms with Crippen LogP contribution in [0.2, 0.25) is 0 Å². The van der Waals surface area contributed by atoms with Gasteiger partial charge in [-0.3, -0.25) is 0 Å². The van der Waals surface area contributed by atoms with Crippen molar-refractivity contribution in [3.05, 3.63) is 11.9 Å². The SMILES string of the molecule is CCNc1cc(N(CC(C)C)C(C)C)nc(C2CC2)n1. The average Bonchev–Trinajstić information content (AvgIpc) is 3.19. The summed E-state index contributed by atoms with van der Waals surface area (Å²) in [6, 6.07) is 2.55. The van der Waals surface area contributed by atoms with E-state index in [9.17, 15) is 0 Å². The first-order valence-corrected chi connectivity index (χ1v) is 7.90. The Morgan fingerprint density at radius 1 is 1.25 bits per heavy atom. The number of nitrogens with one attached hydrogen (secondary N) is 1. The van der Waals surface area contributed by atoms with E-state index >= 15 is 0 Å². The fraction of sp³-hybridized carbons (Fsp3) is 0.750. The van der Waals surface area contributed by atoms with Crippen molar-refractivity contribution in [3.8, 4) is 0 Å². The van der Waals surface area contributed by atoms with Gasteiger partial charge in [0.2, 0.25) is 0 Å². The molecule has 20 heavy (non-hydrogen) atoms. The smallest absolute Gasteiger partial charge is 0.136 e. The number of anilines is 2. The molecule has 1 aliphatic carbocycles. The first kappa shape index (κ1) is 15.1. The fourth-order valence-electron chi connectivity index (χ4n) is 2.36. The quantitative estimate of drug-likeness (QED) is 0.825. The summed E-state index contributed by atoms with van der Waals surface area (Å²) in [6.45, 7) is 13.0. The van der Waals surface area contributed by atoms with Gasteiger partial charge in [0.25, 0.3) is 0 Å². The Labute approximate surface area is 123 Å². The summed E-state index contributed by atoms with van der Waals surface area (Å²) in [7, 11) is 0. The zero-order valence-electron chi connectivity index (χ0n) is 13.5. The van der Waals surface area contributed by atoms with Gasteiger partial charge in [0.05, 0.1) is 0 Å². The molecule has 0 atom stereocenters. The Balaban J connectivity index is 2.31. The molecular weight excluding hydrogens is 248 g/mol. The maximum Gasteiger partial charge on any atom is 0.136 e. The number of hydrogen-bond donors (Lipinski definition) is 1. The maximum atomic E-state index is 4.83. The van der Waals surface area contributed by atoms with Gasteiger partial charge in [-0.2, -0.15) is 0 Å². The molecule has 0 spiro atoms. The molecule has 0 aliphatic heterocycles. The second-order valence-corrected chi connectivity index (χ2v) is 6.41. The minimum Gasteiger partial charge on any atom is -0.370 e. The number of aromatic nitrogens is 2. The van der Waals surface area contributed by atoms with Gasteiger partial charge in [0, 0.05) is 31.1 Å². The van der Waals surface area contributed by atoms with Crippen LogP contribution in [0.4, 0.5) is 11.6 Å². The van der Waals surface area contributed by atoms with Crippen molar-refractivity contribution >= 4 is 11.6 Å². The van der Waals surface area contributed by atoms with E-state index in [-0.39, 0.29) is 0 Å². The topological polar surface area (TPSA) is 41.0 Å². The minimum absolute atomic E-state index is 0.453. The van der Waals surface area contributed by atoms with Gasteiger partial charge in [0.15, 0.2) is 0 Å². The molecule has 0 bridgehead atoms. The van der Waals surface area contributed by atoms with Crippen molar-refractivity contribution in [1.29, 1.82) is 0 Å². The summed E-state index contributed by atoms with van der Waals surface area (Å²) in [4.78, 5) is 11.9. The van der Waals surface area contributed by atoms with Crippen LogP contribution in [0.1, 0.15) is 59.2 Å². The first-order chi connectivity index (χ1) is 9.51. The summed E-state index contributed by atoms with van der Waals surface area (Å²) in [5.41, 5.74) is 0. The lowest BCUT2D eigenvalue weighted by Gasteiger charge is -2.30. The van der Waals surface area contributed by atoms with Gasteiger partial charge < -0.3 is 10.2 Å². The van der Waals surface area contributed by atoms with Crippen molar-refractivity contribution in [3.63, 3.8) is 0 Å². The molecule has 4 heteroatoms. The van der Waals surface area contributed by atoms with Crippen LogP contribution in [0, 0.1) is 5.92 Å². The van der Waals surface area contributed by atoms with Gasteiger partial charge in [-0.05, 0) is 39.5 Å². The predicted octanol–water partition coefficient (Wildman–Crippen LogP) is 3.66. The van der Waals surface area contributed by atoms with E-state index in [2.05, 4.69) is 55.9 Å². The molecule has 0 unspecified atom stereocenters. The zero-order chi connectivity index (χ0) is 14.7. The monoisotopic (exact) mass is 276 g/mol. The van der Waals surface area contributed by atoms with Crippen molar-refractivity contribution in [2.45, 2.75) is 59.4 Å². The Morgan fingerprint density at radius 2 is 1.95 bits per heavy atom. The standard InChI is InChI=1S/C16H28N4/c1-6-17-14-9-15(19-16(18-14)13-7-8-13)20(12(4)5)10-11(2)3/h9,11-13H,6-8,10H2,1-5H3,(H,17,18,19). The van der Waals surface area contributed by atoms with Crippen LogP contribution in [-0.2, 0) is 0 Å². The minimum atomic E-state index is 0.453. The highest BCUT2D eigenvalue weighted by molar-refractivity contribution is 5.50. The Morgan fingerprint density at radius 3 is 2.45 bits per heavy atom. The number of nitrogens with zero attached hydrogens (tertiary/aromatic N) is 3. The molecule has 0 amide bonds. The summed E-state index contributed by atoms with van der Waals surface area (Å²) < 4.78 is 0. The van der Waals surface area contributed by atoms with E-state index in [4.69, 9.17) is 4.98 Å². The van der Waals surface area contributed by atoms with Crippen LogP contribution in [0.25, 0.3) is 0 Å². The number of rotatable bonds is 7. The molecule has 0 aromatic carbocycles. The second-order valence-electron chi connectivity index (χ2n) is 6.41. The van der Waals surface area contributed by atoms with Crippen molar-refractivity contribution in [1.82, 2.24) is 9.97 Å². The molecule has 1 fully saturated rings. The number of hydrogen-bond acceptors (Lipinski definition) is 4. The molecule has 1 N–H and O–H groups in total. The zero-order valence-corrected chi connectivity index (χ0v) is 13.5. The summed E-state index contributed by atoms with van der Waals surface area (Å²) in [6.07, 6.45) is 2.47. The molecule has 1 saturated carbocycles. The van der Waals surface area contributed by atoms with Gasteiger partial charge in [-0.1, -0.05) is 13.8 Å². The Hall–Kier alpha value is -1.32. The van der Waals surface area contributed by atoms with Crippen LogP contribution in [-0.4, -0.2) is 29.1 Å². The van der Waals surface area contributed by atoms with E-state index in [1.54, 1.807) is 0 Å². The third-order valence-electron chi connectivity index (χ3n) is 3.51. The first-order valence-electron chi connectivity index (χ1n) is 7.90. The van der Waals surface area contributed by atoms with Crippen molar-refractivity contribution in [2.24, 2.45) is 5.92 Å². The Bertz CT molecular complexity index is 438. The van der Waals surface area contributed by atoms with Crippen molar-refractivity contribution in [2.75, 3.05) is 23.3 Å². The highest BCUT2D eigenvalue weighted by Crippen LogP contribution is 2.39. The average molecular weight is 276 g/mol. The van der Waals surface area contributed by atoms with Gasteiger partial charge in [-0.15, -0.1) is 0 Å². The lowest BCUT2D eigenvalue weighted by Crippen LogP contribution is -2.35. The normalized spacial score (nSPS) is 14.9. The van der Waals surface area contributed by atoms with Crippen LogP contribution < -0.4 is 10.2 Å². The highest BCUT2D eigenvalue weighted by atomic mass is 15.2. The maximum absolute atomic E-state index is 4.83. The lowest BCUT2D eigenvalue weighted by atomic mass is 10.2. The molecule has 1 aromatic rings. The molecular formula is C16H28N4. The molecule has 4 nitrogen and oxygen atoms in total. The van der Waals surface area contributed by atoms with Gasteiger partial charge >= 0.3 is 0 Å². The van der Waals surface area contributed by atoms with E-state index in [1.165, 1.54) is 12.8 Å². The summed E-state index contributed by atoms with van der Waals surface area (Å²) in [5.74, 6) is 4.27. The van der Waals surface area contributed by atoms with Gasteiger partial charge in [-0.25, -0.2) is 9.97 Å². The third kappa shape index (κ3) is 3.84. The fourth-order valence-corrected chi connectivity index (χ4v) is 2.36. The van der Waals surface area contributed by atoms with Crippen LogP contribution >= 0.6 is 0 Å². The van der Waals surface area contributed by atoms with E-state index in [0.717, 1.165) is 30.5 Å². The molecule has 1 aliphatic rings. The summed E-state index contributed by atoms with van der Waals surface area (Å²) in [5, 5.41) is 3.34. The largest absolute Gasteiger partial charge is 0.370 e. The van der Waals surface area contributed by atoms with E-state index < -0.39 is 0 Å².